The summed E-state index contributed by atoms with van der Waals surface area (Å²) in [5.41, 5.74) is 0.341. The second-order valence-corrected chi connectivity index (χ2v) is 4.55. The molecule has 0 fully saturated rings. The molecule has 108 valence electrons. The van der Waals surface area contributed by atoms with Crippen LogP contribution in [0.1, 0.15) is 19.5 Å². The average molecular weight is 279 g/mol. The normalized spacial score (nSPS) is 12.4. The smallest absolute Gasteiger partial charge is 0.382 e. The first-order chi connectivity index (χ1) is 8.68. The summed E-state index contributed by atoms with van der Waals surface area (Å²) in [6.45, 7) is 3.83. The lowest BCUT2D eigenvalue weighted by Crippen LogP contribution is -2.36. The number of rotatable bonds is 5. The summed E-state index contributed by atoms with van der Waals surface area (Å²) >= 11 is 0. The molecule has 6 nitrogen and oxygen atoms in total. The van der Waals surface area contributed by atoms with Gasteiger partial charge in [-0.1, -0.05) is 0 Å². The number of anilines is 2. The zero-order chi connectivity index (χ0) is 14.7. The third kappa shape index (κ3) is 4.52. The van der Waals surface area contributed by atoms with E-state index in [0.717, 1.165) is 6.07 Å². The number of hydrogen-bond donors (Lipinski definition) is 3. The van der Waals surface area contributed by atoms with Crippen LogP contribution >= 0.6 is 0 Å². The van der Waals surface area contributed by atoms with Crippen molar-refractivity contribution in [1.29, 1.82) is 0 Å². The van der Waals surface area contributed by atoms with Crippen LogP contribution in [0.3, 0.4) is 0 Å². The fraction of sp³-hybridized carbons (Fsp3) is 0.600. The third-order valence-corrected chi connectivity index (χ3v) is 2.12. The van der Waals surface area contributed by atoms with Gasteiger partial charge in [-0.25, -0.2) is 10.8 Å². The van der Waals surface area contributed by atoms with Gasteiger partial charge in [-0.05, 0) is 13.8 Å². The second kappa shape index (κ2) is 5.57. The molecule has 0 aliphatic carbocycles. The number of nitrogens with one attached hydrogen (secondary N) is 2. The second-order valence-electron chi connectivity index (χ2n) is 4.55. The van der Waals surface area contributed by atoms with Crippen molar-refractivity contribution in [2.24, 2.45) is 5.84 Å². The van der Waals surface area contributed by atoms with Gasteiger partial charge in [0.05, 0.1) is 12.1 Å². The van der Waals surface area contributed by atoms with Crippen LogP contribution < -0.4 is 16.6 Å². The highest BCUT2D eigenvalue weighted by atomic mass is 19.4. The van der Waals surface area contributed by atoms with Crippen LogP contribution in [0.4, 0.5) is 24.9 Å². The molecule has 1 aromatic rings. The number of methoxy groups -OCH3 is 1. The van der Waals surface area contributed by atoms with Crippen LogP contribution in [-0.2, 0) is 10.9 Å². The van der Waals surface area contributed by atoms with E-state index in [1.807, 2.05) is 5.43 Å². The predicted octanol–water partition coefficient (Wildman–Crippen LogP) is 1.62. The van der Waals surface area contributed by atoms with Gasteiger partial charge >= 0.3 is 6.18 Å². The summed E-state index contributed by atoms with van der Waals surface area (Å²) in [7, 11) is 1.50. The molecule has 0 atom stereocenters. The molecular formula is C10H16F3N5O. The van der Waals surface area contributed by atoms with Crippen LogP contribution in [0.2, 0.25) is 0 Å². The number of nitrogens with zero attached hydrogens (tertiary/aromatic N) is 2. The molecule has 1 aromatic heterocycles. The molecule has 1 heterocycles. The molecule has 9 heteroatoms. The van der Waals surface area contributed by atoms with Gasteiger partial charge in [0.1, 0.15) is 5.82 Å². The van der Waals surface area contributed by atoms with Crippen LogP contribution in [0.5, 0.6) is 0 Å². The molecule has 1 rings (SSSR count). The van der Waals surface area contributed by atoms with Crippen LogP contribution in [0, 0.1) is 0 Å². The standard InChI is InChI=1S/C10H16F3N5O/c1-9(2,5-19-3)17-7-4-6(10(11,12)13)15-8(16-7)18-14/h4H,5,14H2,1-3H3,(H2,15,16,17,18). The van der Waals surface area contributed by atoms with Crippen molar-refractivity contribution in [3.8, 4) is 0 Å². The molecule has 0 spiro atoms. The maximum Gasteiger partial charge on any atom is 0.433 e. The van der Waals surface area contributed by atoms with Crippen molar-refractivity contribution >= 4 is 11.8 Å². The first kappa shape index (κ1) is 15.4. The Morgan fingerprint density at radius 2 is 1.95 bits per heavy atom. The molecule has 0 saturated heterocycles. The number of ether oxygens (including phenoxy) is 1. The number of aromatic nitrogens is 2. The van der Waals surface area contributed by atoms with E-state index in [0.29, 0.717) is 6.61 Å². The van der Waals surface area contributed by atoms with E-state index < -0.39 is 17.4 Å². The van der Waals surface area contributed by atoms with Gasteiger partial charge in [-0.15, -0.1) is 0 Å². The summed E-state index contributed by atoms with van der Waals surface area (Å²) in [6.07, 6.45) is -4.57. The lowest BCUT2D eigenvalue weighted by Gasteiger charge is -2.26. The zero-order valence-electron chi connectivity index (χ0n) is 10.8. The first-order valence-electron chi connectivity index (χ1n) is 5.38. The number of nitrogen functional groups attached to an aromatic ring is 1. The molecule has 0 saturated carbocycles. The van der Waals surface area contributed by atoms with Crippen LogP contribution in [-0.4, -0.2) is 29.2 Å². The predicted molar refractivity (Wildman–Crippen MR) is 64.4 cm³/mol. The minimum atomic E-state index is -4.57. The largest absolute Gasteiger partial charge is 0.433 e. The maximum atomic E-state index is 12.7. The lowest BCUT2D eigenvalue weighted by atomic mass is 10.1. The van der Waals surface area contributed by atoms with Gasteiger partial charge in [0, 0.05) is 13.2 Å². The molecule has 4 N–H and O–H groups in total. The Balaban J connectivity index is 3.07. The Bertz CT molecular complexity index is 436. The van der Waals surface area contributed by atoms with Crippen molar-refractivity contribution in [3.63, 3.8) is 0 Å². The van der Waals surface area contributed by atoms with E-state index in [1.54, 1.807) is 13.8 Å². The van der Waals surface area contributed by atoms with E-state index in [1.165, 1.54) is 7.11 Å². The maximum absolute atomic E-state index is 12.7. The molecule has 0 aliphatic heterocycles. The molecule has 19 heavy (non-hydrogen) atoms. The van der Waals surface area contributed by atoms with Crippen molar-refractivity contribution in [2.45, 2.75) is 25.6 Å². The van der Waals surface area contributed by atoms with Crippen LogP contribution in [0.25, 0.3) is 0 Å². The summed E-state index contributed by atoms with van der Waals surface area (Å²) in [5, 5.41) is 2.83. The Labute approximate surface area is 108 Å². The fourth-order valence-corrected chi connectivity index (χ4v) is 1.46. The average Bonchev–Trinajstić information content (AvgIpc) is 2.26. The lowest BCUT2D eigenvalue weighted by molar-refractivity contribution is -0.141. The number of nitrogens with two attached hydrogens (primary N) is 1. The molecular weight excluding hydrogens is 263 g/mol. The topological polar surface area (TPSA) is 85.1 Å². The summed E-state index contributed by atoms with van der Waals surface area (Å²) in [4.78, 5) is 7.07. The van der Waals surface area contributed by atoms with Gasteiger partial charge in [0.15, 0.2) is 5.69 Å². The van der Waals surface area contributed by atoms with E-state index in [4.69, 9.17) is 10.6 Å². The van der Waals surface area contributed by atoms with E-state index in [2.05, 4.69) is 15.3 Å². The van der Waals surface area contributed by atoms with Gasteiger partial charge in [0.25, 0.3) is 0 Å². The van der Waals surface area contributed by atoms with E-state index in [9.17, 15) is 13.2 Å². The minimum Gasteiger partial charge on any atom is -0.382 e. The molecule has 0 aliphatic rings. The molecule has 0 bridgehead atoms. The van der Waals surface area contributed by atoms with Crippen molar-refractivity contribution in [3.05, 3.63) is 11.8 Å². The highest BCUT2D eigenvalue weighted by Crippen LogP contribution is 2.30. The summed E-state index contributed by atoms with van der Waals surface area (Å²) < 4.78 is 42.9. The summed E-state index contributed by atoms with van der Waals surface area (Å²) in [6, 6.07) is 0.818. The first-order valence-corrected chi connectivity index (χ1v) is 5.38. The molecule has 0 radical (unpaired) electrons. The van der Waals surface area contributed by atoms with Crippen molar-refractivity contribution < 1.29 is 17.9 Å². The van der Waals surface area contributed by atoms with Crippen molar-refractivity contribution in [1.82, 2.24) is 9.97 Å². The number of alkyl halides is 3. The Morgan fingerprint density at radius 3 is 2.42 bits per heavy atom. The number of halogens is 3. The monoisotopic (exact) mass is 279 g/mol. The quantitative estimate of drug-likeness (QED) is 0.561. The van der Waals surface area contributed by atoms with Gasteiger partial charge < -0.3 is 10.1 Å². The molecule has 0 aromatic carbocycles. The molecule has 0 unspecified atom stereocenters. The van der Waals surface area contributed by atoms with E-state index >= 15 is 0 Å². The van der Waals surface area contributed by atoms with Gasteiger partial charge in [-0.2, -0.15) is 18.2 Å². The Morgan fingerprint density at radius 1 is 1.32 bits per heavy atom. The van der Waals surface area contributed by atoms with Crippen molar-refractivity contribution in [2.75, 3.05) is 24.5 Å². The summed E-state index contributed by atoms with van der Waals surface area (Å²) in [5.74, 6) is 4.76. The fourth-order valence-electron chi connectivity index (χ4n) is 1.46. The van der Waals surface area contributed by atoms with Gasteiger partial charge in [0.2, 0.25) is 5.95 Å². The van der Waals surface area contributed by atoms with Gasteiger partial charge in [-0.3, -0.25) is 5.43 Å². The third-order valence-electron chi connectivity index (χ3n) is 2.12. The highest BCUT2D eigenvalue weighted by molar-refractivity contribution is 5.44. The minimum absolute atomic E-state index is 0.0114. The SMILES string of the molecule is COCC(C)(C)Nc1cc(C(F)(F)F)nc(NN)n1. The van der Waals surface area contributed by atoms with E-state index in [-0.39, 0.29) is 11.8 Å². The molecule has 0 amide bonds. The zero-order valence-corrected chi connectivity index (χ0v) is 10.8. The number of hydrogen-bond acceptors (Lipinski definition) is 6. The number of hydrazine groups is 1. The highest BCUT2D eigenvalue weighted by Gasteiger charge is 2.34. The van der Waals surface area contributed by atoms with Crippen LogP contribution in [0.15, 0.2) is 6.07 Å². The Hall–Kier alpha value is -1.61. The Kier molecular flexibility index (Phi) is 4.53.